The van der Waals surface area contributed by atoms with Gasteiger partial charge in [-0.1, -0.05) is 6.07 Å². The molecule has 0 amide bonds. The monoisotopic (exact) mass is 222 g/mol. The molecule has 0 aliphatic carbocycles. The van der Waals surface area contributed by atoms with E-state index < -0.39 is 0 Å². The van der Waals surface area contributed by atoms with Crippen molar-refractivity contribution >= 4 is 10.9 Å². The minimum Gasteiger partial charge on any atom is -0.391 e. The second-order valence-corrected chi connectivity index (χ2v) is 6.66. The van der Waals surface area contributed by atoms with Gasteiger partial charge in [0.2, 0.25) is 0 Å². The van der Waals surface area contributed by atoms with E-state index in [-0.39, 0.29) is 22.2 Å². The summed E-state index contributed by atoms with van der Waals surface area (Å²) in [7, 11) is -0.0568. The summed E-state index contributed by atoms with van der Waals surface area (Å²) in [6, 6.07) is 9.74. The maximum absolute atomic E-state index is 9.29. The molecule has 0 saturated carbocycles. The molecule has 0 saturated heterocycles. The second-order valence-electron chi connectivity index (χ2n) is 4.07. The lowest BCUT2D eigenvalue weighted by molar-refractivity contribution is 0.263. The molecular weight excluding hydrogens is 206 g/mol. The van der Waals surface area contributed by atoms with E-state index in [0.717, 1.165) is 4.90 Å². The van der Waals surface area contributed by atoms with E-state index in [1.54, 1.807) is 6.07 Å². The zero-order chi connectivity index (χ0) is 11.5. The van der Waals surface area contributed by atoms with Gasteiger partial charge < -0.3 is 5.11 Å². The highest BCUT2D eigenvalue weighted by Crippen LogP contribution is 2.25. The van der Waals surface area contributed by atoms with Gasteiger partial charge in [0, 0.05) is 17.0 Å². The van der Waals surface area contributed by atoms with Crippen LogP contribution in [-0.2, 0) is 10.9 Å². The van der Waals surface area contributed by atoms with Crippen LogP contribution in [0.2, 0.25) is 0 Å². The number of benzene rings is 1. The van der Waals surface area contributed by atoms with E-state index in [1.807, 2.05) is 32.0 Å². The van der Waals surface area contributed by atoms with E-state index >= 15 is 0 Å². The molecule has 0 bridgehead atoms. The number of hydrogen-bond acceptors (Lipinski definition) is 2. The molecule has 0 heterocycles. The molecule has 3 heteroatoms. The number of hydrogen-bond donors (Lipinski definition) is 1. The van der Waals surface area contributed by atoms with Crippen molar-refractivity contribution in [1.29, 1.82) is 5.26 Å². The van der Waals surface area contributed by atoms with Crippen LogP contribution in [0.15, 0.2) is 29.2 Å². The lowest BCUT2D eigenvalue weighted by Gasteiger charge is -2.20. The number of nitriles is 1. The molecule has 0 radical (unpaired) electrons. The Morgan fingerprint density at radius 2 is 2.13 bits per heavy atom. The molecule has 1 aromatic rings. The van der Waals surface area contributed by atoms with Gasteiger partial charge in [0.15, 0.2) is 9.64 Å². The summed E-state index contributed by atoms with van der Waals surface area (Å²) in [6.45, 7) is 4.23. The van der Waals surface area contributed by atoms with E-state index in [0.29, 0.717) is 5.56 Å². The summed E-state index contributed by atoms with van der Waals surface area (Å²) in [5.74, 6) is 0. The average Bonchev–Trinajstić information content (AvgIpc) is 2.28. The lowest BCUT2D eigenvalue weighted by Crippen LogP contribution is -2.35. The highest BCUT2D eigenvalue weighted by Gasteiger charge is 2.36. The smallest absolute Gasteiger partial charge is 0.156 e. The molecule has 0 aliphatic heterocycles. The van der Waals surface area contributed by atoms with Crippen molar-refractivity contribution in [1.82, 2.24) is 0 Å². The molecule has 1 N–H and O–H groups in total. The second kappa shape index (κ2) is 4.69. The fourth-order valence-corrected chi connectivity index (χ4v) is 2.59. The van der Waals surface area contributed by atoms with Gasteiger partial charge in [0.1, 0.15) is 6.26 Å². The highest BCUT2D eigenvalue weighted by molar-refractivity contribution is 7.97. The van der Waals surface area contributed by atoms with Crippen molar-refractivity contribution in [3.05, 3.63) is 29.8 Å². The fraction of sp³-hybridized carbons (Fsp3) is 0.417. The summed E-state index contributed by atoms with van der Waals surface area (Å²) >= 11 is 0. The third-order valence-corrected chi connectivity index (χ3v) is 5.27. The molecule has 1 atom stereocenters. The minimum atomic E-state index is -0.131. The Kier molecular flexibility index (Phi) is 3.78. The third kappa shape index (κ3) is 2.74. The third-order valence-electron chi connectivity index (χ3n) is 2.53. The first-order chi connectivity index (χ1) is 7.01. The van der Waals surface area contributed by atoms with Gasteiger partial charge in [-0.3, -0.25) is 0 Å². The molecule has 1 unspecified atom stereocenters. The van der Waals surface area contributed by atoms with Crippen LogP contribution >= 0.6 is 0 Å². The maximum Gasteiger partial charge on any atom is 0.156 e. The molecule has 15 heavy (non-hydrogen) atoms. The molecule has 0 fully saturated rings. The summed E-state index contributed by atoms with van der Waals surface area (Å²) in [4.78, 5) is 1.13. The molecular formula is C12H16NOS+. The molecule has 0 spiro atoms. The Bertz CT molecular complexity index is 381. The zero-order valence-electron chi connectivity index (χ0n) is 9.32. The number of rotatable bonds is 3. The Morgan fingerprint density at radius 3 is 2.67 bits per heavy atom. The SMILES string of the molecule is C[S+](c1cccc(C#N)c1)C(C)(C)CO. The van der Waals surface area contributed by atoms with E-state index in [4.69, 9.17) is 5.26 Å². The fourth-order valence-electron chi connectivity index (χ4n) is 1.17. The van der Waals surface area contributed by atoms with E-state index in [2.05, 4.69) is 12.3 Å². The summed E-state index contributed by atoms with van der Waals surface area (Å²) in [5, 5.41) is 18.1. The van der Waals surface area contributed by atoms with Crippen molar-refractivity contribution in [3.8, 4) is 6.07 Å². The molecule has 0 aromatic heterocycles. The predicted molar refractivity (Wildman–Crippen MR) is 63.9 cm³/mol. The topological polar surface area (TPSA) is 44.0 Å². The van der Waals surface area contributed by atoms with E-state index in [1.165, 1.54) is 0 Å². The van der Waals surface area contributed by atoms with Crippen molar-refractivity contribution in [2.45, 2.75) is 23.5 Å². The van der Waals surface area contributed by atoms with Gasteiger partial charge >= 0.3 is 0 Å². The van der Waals surface area contributed by atoms with Gasteiger partial charge in [-0.25, -0.2) is 0 Å². The van der Waals surface area contributed by atoms with Crippen LogP contribution in [0.25, 0.3) is 0 Å². The maximum atomic E-state index is 9.29. The van der Waals surface area contributed by atoms with E-state index in [9.17, 15) is 5.11 Å². The lowest BCUT2D eigenvalue weighted by atomic mass is 10.2. The van der Waals surface area contributed by atoms with Crippen molar-refractivity contribution in [2.75, 3.05) is 12.9 Å². The molecule has 1 rings (SSSR count). The Morgan fingerprint density at radius 1 is 1.47 bits per heavy atom. The summed E-state index contributed by atoms with van der Waals surface area (Å²) in [5.41, 5.74) is 0.681. The Labute approximate surface area is 93.9 Å². The number of aliphatic hydroxyl groups is 1. The normalized spacial score (nSPS) is 13.3. The predicted octanol–water partition coefficient (Wildman–Crippen LogP) is 1.94. The minimum absolute atomic E-state index is 0.0568. The van der Waals surface area contributed by atoms with Crippen LogP contribution < -0.4 is 0 Å². The van der Waals surface area contributed by atoms with Crippen molar-refractivity contribution in [2.24, 2.45) is 0 Å². The first-order valence-corrected chi connectivity index (χ1v) is 6.41. The largest absolute Gasteiger partial charge is 0.391 e. The van der Waals surface area contributed by atoms with Crippen LogP contribution in [0.4, 0.5) is 0 Å². The zero-order valence-corrected chi connectivity index (χ0v) is 10.1. The summed E-state index contributed by atoms with van der Waals surface area (Å²) in [6.07, 6.45) is 2.10. The first kappa shape index (κ1) is 12.1. The van der Waals surface area contributed by atoms with Gasteiger partial charge in [-0.15, -0.1) is 0 Å². The van der Waals surface area contributed by atoms with Crippen molar-refractivity contribution in [3.63, 3.8) is 0 Å². The highest BCUT2D eigenvalue weighted by atomic mass is 32.2. The number of nitrogens with zero attached hydrogens (tertiary/aromatic N) is 1. The van der Waals surface area contributed by atoms with Gasteiger partial charge in [0.25, 0.3) is 0 Å². The molecule has 0 aliphatic rings. The molecule has 2 nitrogen and oxygen atoms in total. The number of aliphatic hydroxyl groups excluding tert-OH is 1. The Balaban J connectivity index is 3.02. The quantitative estimate of drug-likeness (QED) is 0.794. The van der Waals surface area contributed by atoms with Crippen LogP contribution in [0.5, 0.6) is 0 Å². The van der Waals surface area contributed by atoms with Crippen LogP contribution in [0.3, 0.4) is 0 Å². The standard InChI is InChI=1S/C12H16NOS/c1-12(2,9-14)15(3)11-6-4-5-10(7-11)8-13/h4-7,14H,9H2,1-3H3/q+1. The van der Waals surface area contributed by atoms with Gasteiger partial charge in [0.05, 0.1) is 18.2 Å². The van der Waals surface area contributed by atoms with Crippen LogP contribution in [0.1, 0.15) is 19.4 Å². The molecule has 1 aromatic carbocycles. The van der Waals surface area contributed by atoms with Gasteiger partial charge in [-0.05, 0) is 26.0 Å². The molecule has 80 valence electrons. The first-order valence-electron chi connectivity index (χ1n) is 4.78. The van der Waals surface area contributed by atoms with Gasteiger partial charge in [-0.2, -0.15) is 5.26 Å². The summed E-state index contributed by atoms with van der Waals surface area (Å²) < 4.78 is -0.131. The Hall–Kier alpha value is -0.980. The van der Waals surface area contributed by atoms with Crippen LogP contribution in [0, 0.1) is 11.3 Å². The van der Waals surface area contributed by atoms with Crippen molar-refractivity contribution < 1.29 is 5.11 Å². The average molecular weight is 222 g/mol. The van der Waals surface area contributed by atoms with Crippen LogP contribution in [-0.4, -0.2) is 22.7 Å².